The van der Waals surface area contributed by atoms with Crippen LogP contribution in [0.2, 0.25) is 0 Å². The Hall–Kier alpha value is -1.88. The molecule has 1 aromatic heterocycles. The Bertz CT molecular complexity index is 582. The van der Waals surface area contributed by atoms with Crippen molar-refractivity contribution in [2.24, 2.45) is 0 Å². The predicted octanol–water partition coefficient (Wildman–Crippen LogP) is 3.10. The molecule has 114 valence electrons. The Kier molecular flexibility index (Phi) is 4.96. The molecule has 2 aromatic rings. The van der Waals surface area contributed by atoms with Crippen molar-refractivity contribution in [1.29, 1.82) is 0 Å². The van der Waals surface area contributed by atoms with Crippen LogP contribution in [0.25, 0.3) is 0 Å². The van der Waals surface area contributed by atoms with Crippen LogP contribution < -0.4 is 5.73 Å². The lowest BCUT2D eigenvalue weighted by molar-refractivity contribution is -0.0403. The zero-order valence-electron chi connectivity index (χ0n) is 12.9. The predicted molar refractivity (Wildman–Crippen MR) is 81.8 cm³/mol. The molecule has 1 unspecified atom stereocenters. The Balaban J connectivity index is 2.03. The van der Waals surface area contributed by atoms with E-state index in [0.717, 1.165) is 24.1 Å². The van der Waals surface area contributed by atoms with E-state index in [-0.39, 0.29) is 0 Å². The average molecular weight is 289 g/mol. The third kappa shape index (κ3) is 3.82. The molecule has 0 saturated carbocycles. The highest BCUT2D eigenvalue weighted by Crippen LogP contribution is 2.26. The van der Waals surface area contributed by atoms with Crippen LogP contribution in [0, 0.1) is 0 Å². The van der Waals surface area contributed by atoms with E-state index >= 15 is 0 Å². The molecule has 0 aliphatic heterocycles. The minimum absolute atomic E-state index is 0.478. The molecule has 2 N–H and O–H groups in total. The zero-order chi connectivity index (χ0) is 15.3. The fourth-order valence-corrected chi connectivity index (χ4v) is 2.21. The fraction of sp³-hybridized carbons (Fsp3) is 0.500. The summed E-state index contributed by atoms with van der Waals surface area (Å²) in [5.74, 6) is 1.25. The number of nitrogens with two attached hydrogens (primary N) is 1. The normalized spacial score (nSPS) is 14.0. The summed E-state index contributed by atoms with van der Waals surface area (Å²) in [5.41, 5.74) is 7.23. The minimum atomic E-state index is -0.478. The first-order chi connectivity index (χ1) is 10.1. The second-order valence-electron chi connectivity index (χ2n) is 5.27. The molecule has 2 rings (SSSR count). The van der Waals surface area contributed by atoms with Crippen LogP contribution in [0.3, 0.4) is 0 Å². The van der Waals surface area contributed by atoms with E-state index in [1.165, 1.54) is 0 Å². The van der Waals surface area contributed by atoms with Gasteiger partial charge in [-0.15, -0.1) is 0 Å². The van der Waals surface area contributed by atoms with E-state index in [1.807, 2.05) is 38.1 Å². The molecule has 21 heavy (non-hydrogen) atoms. The third-order valence-corrected chi connectivity index (χ3v) is 3.66. The molecule has 0 aliphatic rings. The highest BCUT2D eigenvalue weighted by Gasteiger charge is 2.30. The number of nitrogen functional groups attached to an aromatic ring is 1. The van der Waals surface area contributed by atoms with Gasteiger partial charge in [-0.3, -0.25) is 0 Å². The van der Waals surface area contributed by atoms with Crippen molar-refractivity contribution >= 4 is 5.69 Å². The van der Waals surface area contributed by atoms with Crippen molar-refractivity contribution in [1.82, 2.24) is 10.1 Å². The van der Waals surface area contributed by atoms with Crippen molar-refractivity contribution in [2.45, 2.75) is 45.6 Å². The maximum atomic E-state index is 5.77. The van der Waals surface area contributed by atoms with Crippen LogP contribution in [0.15, 0.2) is 28.8 Å². The first-order valence-electron chi connectivity index (χ1n) is 7.39. The smallest absolute Gasteiger partial charge is 0.227 e. The molecular formula is C16H23N3O2. The summed E-state index contributed by atoms with van der Waals surface area (Å²) in [6, 6.07) is 7.84. The average Bonchev–Trinajstić information content (AvgIpc) is 2.95. The number of ether oxygens (including phenoxy) is 1. The maximum Gasteiger partial charge on any atom is 0.227 e. The van der Waals surface area contributed by atoms with Crippen LogP contribution in [0.5, 0.6) is 0 Å². The van der Waals surface area contributed by atoms with Crippen LogP contribution in [-0.2, 0) is 23.2 Å². The van der Waals surface area contributed by atoms with Crippen molar-refractivity contribution < 1.29 is 9.26 Å². The number of rotatable bonds is 7. The summed E-state index contributed by atoms with van der Waals surface area (Å²) >= 11 is 0. The monoisotopic (exact) mass is 289 g/mol. The second kappa shape index (κ2) is 6.72. The second-order valence-corrected chi connectivity index (χ2v) is 5.27. The van der Waals surface area contributed by atoms with Crippen molar-refractivity contribution in [3.63, 3.8) is 0 Å². The molecule has 0 spiro atoms. The Morgan fingerprint density at radius 3 is 2.76 bits per heavy atom. The summed E-state index contributed by atoms with van der Waals surface area (Å²) in [4.78, 5) is 4.48. The molecule has 1 atom stereocenters. The van der Waals surface area contributed by atoms with Gasteiger partial charge in [0.2, 0.25) is 11.7 Å². The van der Waals surface area contributed by atoms with E-state index in [2.05, 4.69) is 17.1 Å². The first-order valence-corrected chi connectivity index (χ1v) is 7.39. The largest absolute Gasteiger partial charge is 0.399 e. The third-order valence-electron chi connectivity index (χ3n) is 3.66. The molecule has 0 amide bonds. The van der Waals surface area contributed by atoms with Gasteiger partial charge in [-0.25, -0.2) is 0 Å². The number of nitrogens with zero attached hydrogens (tertiary/aromatic N) is 2. The van der Waals surface area contributed by atoms with Gasteiger partial charge in [0.1, 0.15) is 5.60 Å². The summed E-state index contributed by atoms with van der Waals surface area (Å²) in [7, 11) is 0. The van der Waals surface area contributed by atoms with E-state index < -0.39 is 5.60 Å². The van der Waals surface area contributed by atoms with Crippen molar-refractivity contribution in [3.8, 4) is 0 Å². The Morgan fingerprint density at radius 1 is 1.29 bits per heavy atom. The molecule has 1 heterocycles. The highest BCUT2D eigenvalue weighted by atomic mass is 16.5. The fourth-order valence-electron chi connectivity index (χ4n) is 2.21. The van der Waals surface area contributed by atoms with Gasteiger partial charge in [0, 0.05) is 18.7 Å². The van der Waals surface area contributed by atoms with E-state index in [0.29, 0.717) is 24.7 Å². The summed E-state index contributed by atoms with van der Waals surface area (Å²) < 4.78 is 11.1. The van der Waals surface area contributed by atoms with Gasteiger partial charge in [-0.05, 0) is 44.4 Å². The Labute approximate surface area is 125 Å². The maximum absolute atomic E-state index is 5.77. The lowest BCUT2D eigenvalue weighted by atomic mass is 10.0. The van der Waals surface area contributed by atoms with Gasteiger partial charge < -0.3 is 15.0 Å². The van der Waals surface area contributed by atoms with Crippen LogP contribution >= 0.6 is 0 Å². The molecule has 0 fully saturated rings. The molecular weight excluding hydrogens is 266 g/mol. The lowest BCUT2D eigenvalue weighted by Gasteiger charge is -2.23. The molecule has 1 aromatic carbocycles. The number of aromatic nitrogens is 2. The van der Waals surface area contributed by atoms with Crippen molar-refractivity contribution in [2.75, 3.05) is 12.3 Å². The summed E-state index contributed by atoms with van der Waals surface area (Å²) in [6.07, 6.45) is 2.32. The van der Waals surface area contributed by atoms with E-state index in [4.69, 9.17) is 15.0 Å². The summed E-state index contributed by atoms with van der Waals surface area (Å²) in [6.45, 7) is 6.63. The molecule has 0 aliphatic carbocycles. The van der Waals surface area contributed by atoms with E-state index in [9.17, 15) is 0 Å². The quantitative estimate of drug-likeness (QED) is 0.793. The number of anilines is 1. The molecule has 0 saturated heterocycles. The van der Waals surface area contributed by atoms with Gasteiger partial charge in [-0.1, -0.05) is 24.2 Å². The molecule has 0 radical (unpaired) electrons. The number of aryl methyl sites for hydroxylation is 2. The first kappa shape index (κ1) is 15.5. The number of hydrogen-bond acceptors (Lipinski definition) is 5. The van der Waals surface area contributed by atoms with Gasteiger partial charge in [0.25, 0.3) is 0 Å². The Morgan fingerprint density at radius 2 is 2.10 bits per heavy atom. The van der Waals surface area contributed by atoms with Gasteiger partial charge >= 0.3 is 0 Å². The molecule has 5 heteroatoms. The van der Waals surface area contributed by atoms with E-state index in [1.54, 1.807) is 0 Å². The van der Waals surface area contributed by atoms with Crippen LogP contribution in [-0.4, -0.2) is 16.7 Å². The molecule has 5 nitrogen and oxygen atoms in total. The highest BCUT2D eigenvalue weighted by molar-refractivity contribution is 5.40. The van der Waals surface area contributed by atoms with Gasteiger partial charge in [0.05, 0.1) is 0 Å². The van der Waals surface area contributed by atoms with Crippen molar-refractivity contribution in [3.05, 3.63) is 41.5 Å². The lowest BCUT2D eigenvalue weighted by Crippen LogP contribution is -2.26. The standard InChI is InChI=1S/C16H23N3O2/c1-4-16(3,20-5-2)15-18-14(21-19-15)10-9-12-7-6-8-13(17)11-12/h6-8,11H,4-5,9-10,17H2,1-3H3. The van der Waals surface area contributed by atoms with Crippen LogP contribution in [0.4, 0.5) is 5.69 Å². The topological polar surface area (TPSA) is 74.2 Å². The SMILES string of the molecule is CCOC(C)(CC)c1noc(CCc2cccc(N)c2)n1. The molecule has 0 bridgehead atoms. The van der Waals surface area contributed by atoms with Gasteiger partial charge in [0.15, 0.2) is 0 Å². The summed E-state index contributed by atoms with van der Waals surface area (Å²) in [5, 5.41) is 4.07. The number of benzene rings is 1. The number of hydrogen-bond donors (Lipinski definition) is 1. The zero-order valence-corrected chi connectivity index (χ0v) is 12.9. The minimum Gasteiger partial charge on any atom is -0.399 e. The van der Waals surface area contributed by atoms with Gasteiger partial charge in [-0.2, -0.15) is 4.98 Å². The van der Waals surface area contributed by atoms with Crippen LogP contribution in [0.1, 0.15) is 44.5 Å².